The van der Waals surface area contributed by atoms with Crippen molar-refractivity contribution in [2.45, 2.75) is 30.3 Å². The molecule has 1 aliphatic heterocycles. The average Bonchev–Trinajstić information content (AvgIpc) is 2.81. The number of hydrogen-bond acceptors (Lipinski definition) is 5. The molecule has 0 amide bonds. The Labute approximate surface area is 134 Å². The molecule has 0 spiro atoms. The molecule has 0 unspecified atom stereocenters. The van der Waals surface area contributed by atoms with Gasteiger partial charge in [-0.05, 0) is 56.0 Å². The van der Waals surface area contributed by atoms with Crippen LogP contribution in [0, 0.1) is 0 Å². The van der Waals surface area contributed by atoms with Gasteiger partial charge in [-0.15, -0.1) is 0 Å². The monoisotopic (exact) mass is 379 g/mol. The second-order valence-electron chi connectivity index (χ2n) is 5.44. The predicted molar refractivity (Wildman–Crippen MR) is 84.6 cm³/mol. The number of sulfonamides is 1. The maximum atomic E-state index is 12.8. The normalized spacial score (nSPS) is 18.5. The molecule has 0 saturated carbocycles. The third kappa shape index (κ3) is 3.68. The smallest absolute Gasteiger partial charge is 0.247 e. The summed E-state index contributed by atoms with van der Waals surface area (Å²) in [6.45, 7) is 2.33. The van der Waals surface area contributed by atoms with E-state index in [2.05, 4.69) is 33.2 Å². The highest BCUT2D eigenvalue weighted by Gasteiger charge is 2.33. The maximum Gasteiger partial charge on any atom is 0.247 e. The standard InChI is InChI=1S/C13H22BrN3O3S/c1-15-9-11-8-12(13(14)20-11)21(18,19)17(3)10-4-6-16(2)7-5-10/h8,10,15H,4-7,9H2,1-3H3. The Kier molecular flexibility index (Phi) is 5.48. The van der Waals surface area contributed by atoms with Crippen LogP contribution in [0.25, 0.3) is 0 Å². The molecule has 6 nitrogen and oxygen atoms in total. The van der Waals surface area contributed by atoms with Crippen LogP contribution in [0.2, 0.25) is 0 Å². The van der Waals surface area contributed by atoms with Gasteiger partial charge in [0.2, 0.25) is 10.0 Å². The van der Waals surface area contributed by atoms with Crippen LogP contribution in [-0.4, -0.2) is 57.9 Å². The molecule has 1 aromatic heterocycles. The zero-order valence-electron chi connectivity index (χ0n) is 12.6. The van der Waals surface area contributed by atoms with Gasteiger partial charge in [-0.3, -0.25) is 0 Å². The van der Waals surface area contributed by atoms with Gasteiger partial charge in [0.25, 0.3) is 0 Å². The van der Waals surface area contributed by atoms with Gasteiger partial charge in [0.05, 0.1) is 6.54 Å². The summed E-state index contributed by atoms with van der Waals surface area (Å²) in [5.74, 6) is 0.597. The first-order chi connectivity index (χ1) is 9.86. The molecule has 2 heterocycles. The van der Waals surface area contributed by atoms with E-state index in [-0.39, 0.29) is 15.6 Å². The topological polar surface area (TPSA) is 65.8 Å². The number of nitrogens with zero attached hydrogens (tertiary/aromatic N) is 2. The molecule has 0 aromatic carbocycles. The van der Waals surface area contributed by atoms with Crippen LogP contribution in [0.5, 0.6) is 0 Å². The summed E-state index contributed by atoms with van der Waals surface area (Å²) in [7, 11) is 1.96. The van der Waals surface area contributed by atoms with E-state index in [4.69, 9.17) is 4.42 Å². The Morgan fingerprint density at radius 1 is 1.48 bits per heavy atom. The van der Waals surface area contributed by atoms with E-state index in [1.54, 1.807) is 20.2 Å². The Morgan fingerprint density at radius 2 is 2.10 bits per heavy atom. The molecule has 21 heavy (non-hydrogen) atoms. The third-order valence-electron chi connectivity index (χ3n) is 3.92. The zero-order chi connectivity index (χ0) is 15.6. The summed E-state index contributed by atoms with van der Waals surface area (Å²) < 4.78 is 32.7. The minimum absolute atomic E-state index is 0.0424. The summed E-state index contributed by atoms with van der Waals surface area (Å²) in [5, 5.41) is 2.94. The van der Waals surface area contributed by atoms with Gasteiger partial charge in [0, 0.05) is 19.2 Å². The van der Waals surface area contributed by atoms with Crippen LogP contribution < -0.4 is 5.32 Å². The molecule has 120 valence electrons. The van der Waals surface area contributed by atoms with Crippen LogP contribution in [0.1, 0.15) is 18.6 Å². The molecular formula is C13H22BrN3O3S. The molecule has 0 atom stereocenters. The van der Waals surface area contributed by atoms with Crippen molar-refractivity contribution in [1.29, 1.82) is 0 Å². The predicted octanol–water partition coefficient (Wildman–Crippen LogP) is 1.48. The molecule has 0 aliphatic carbocycles. The summed E-state index contributed by atoms with van der Waals surface area (Å²) in [6.07, 6.45) is 1.70. The van der Waals surface area contributed by atoms with Crippen molar-refractivity contribution in [2.24, 2.45) is 0 Å². The molecule has 8 heteroatoms. The third-order valence-corrected chi connectivity index (χ3v) is 6.68. The Bertz CT molecular complexity index is 579. The SMILES string of the molecule is CNCc1cc(S(=O)(=O)N(C)C2CCN(C)CC2)c(Br)o1. The quantitative estimate of drug-likeness (QED) is 0.838. The van der Waals surface area contributed by atoms with E-state index in [9.17, 15) is 8.42 Å². The van der Waals surface area contributed by atoms with Crippen molar-refractivity contribution in [1.82, 2.24) is 14.5 Å². The van der Waals surface area contributed by atoms with Crippen LogP contribution in [-0.2, 0) is 16.6 Å². The summed E-state index contributed by atoms with van der Waals surface area (Å²) in [5.41, 5.74) is 0. The van der Waals surface area contributed by atoms with E-state index >= 15 is 0 Å². The Balaban J connectivity index is 2.20. The lowest BCUT2D eigenvalue weighted by Crippen LogP contribution is -2.44. The number of hydrogen-bond donors (Lipinski definition) is 1. The maximum absolute atomic E-state index is 12.8. The molecule has 0 radical (unpaired) electrons. The molecule has 1 saturated heterocycles. The largest absolute Gasteiger partial charge is 0.452 e. The highest BCUT2D eigenvalue weighted by Crippen LogP contribution is 2.30. The number of rotatable bonds is 5. The Hall–Kier alpha value is -0.410. The summed E-state index contributed by atoms with van der Waals surface area (Å²) in [4.78, 5) is 2.42. The van der Waals surface area contributed by atoms with E-state index in [0.717, 1.165) is 25.9 Å². The number of piperidine rings is 1. The van der Waals surface area contributed by atoms with Gasteiger partial charge in [-0.1, -0.05) is 0 Å². The van der Waals surface area contributed by atoms with Crippen molar-refractivity contribution < 1.29 is 12.8 Å². The van der Waals surface area contributed by atoms with Gasteiger partial charge < -0.3 is 14.6 Å². The molecule has 1 N–H and O–H groups in total. The lowest BCUT2D eigenvalue weighted by Gasteiger charge is -2.34. The van der Waals surface area contributed by atoms with Crippen molar-refractivity contribution in [3.8, 4) is 0 Å². The summed E-state index contributed by atoms with van der Waals surface area (Å²) >= 11 is 3.22. The second-order valence-corrected chi connectivity index (χ2v) is 8.12. The first kappa shape index (κ1) is 17.0. The van der Waals surface area contributed by atoms with Crippen molar-refractivity contribution in [2.75, 3.05) is 34.2 Å². The van der Waals surface area contributed by atoms with Gasteiger partial charge in [-0.2, -0.15) is 4.31 Å². The molecule has 0 bridgehead atoms. The lowest BCUT2D eigenvalue weighted by molar-refractivity contribution is 0.197. The minimum atomic E-state index is -3.54. The van der Waals surface area contributed by atoms with Gasteiger partial charge in [0.1, 0.15) is 10.7 Å². The van der Waals surface area contributed by atoms with Crippen molar-refractivity contribution in [3.63, 3.8) is 0 Å². The number of furan rings is 1. The van der Waals surface area contributed by atoms with E-state index in [0.29, 0.717) is 12.3 Å². The molecule has 1 aromatic rings. The van der Waals surface area contributed by atoms with E-state index in [1.165, 1.54) is 4.31 Å². The molecule has 1 fully saturated rings. The van der Waals surface area contributed by atoms with E-state index < -0.39 is 10.0 Å². The molecule has 1 aliphatic rings. The molecular weight excluding hydrogens is 358 g/mol. The van der Waals surface area contributed by atoms with Crippen molar-refractivity contribution >= 4 is 26.0 Å². The fourth-order valence-corrected chi connectivity index (χ4v) is 4.92. The van der Waals surface area contributed by atoms with Crippen LogP contribution >= 0.6 is 15.9 Å². The number of likely N-dealkylation sites (tertiary alicyclic amines) is 1. The second kappa shape index (κ2) is 6.78. The van der Waals surface area contributed by atoms with E-state index in [1.807, 2.05) is 0 Å². The highest BCUT2D eigenvalue weighted by atomic mass is 79.9. The average molecular weight is 380 g/mol. The fraction of sp³-hybridized carbons (Fsp3) is 0.692. The number of halogens is 1. The van der Waals surface area contributed by atoms with Crippen LogP contribution in [0.15, 0.2) is 20.0 Å². The first-order valence-corrected chi connectivity index (χ1v) is 9.19. The first-order valence-electron chi connectivity index (χ1n) is 6.95. The van der Waals surface area contributed by atoms with Gasteiger partial charge >= 0.3 is 0 Å². The van der Waals surface area contributed by atoms with Crippen LogP contribution in [0.3, 0.4) is 0 Å². The number of nitrogens with one attached hydrogen (secondary N) is 1. The summed E-state index contributed by atoms with van der Waals surface area (Å²) in [6, 6.07) is 1.63. The van der Waals surface area contributed by atoms with Crippen molar-refractivity contribution in [3.05, 3.63) is 16.5 Å². The fourth-order valence-electron chi connectivity index (χ4n) is 2.54. The Morgan fingerprint density at radius 3 is 2.67 bits per heavy atom. The van der Waals surface area contributed by atoms with Crippen LogP contribution in [0.4, 0.5) is 0 Å². The lowest BCUT2D eigenvalue weighted by atomic mass is 10.1. The van der Waals surface area contributed by atoms with Gasteiger partial charge in [0.15, 0.2) is 4.67 Å². The zero-order valence-corrected chi connectivity index (χ0v) is 15.0. The minimum Gasteiger partial charge on any atom is -0.452 e. The highest BCUT2D eigenvalue weighted by molar-refractivity contribution is 9.10. The van der Waals surface area contributed by atoms with Gasteiger partial charge in [-0.25, -0.2) is 8.42 Å². The molecule has 2 rings (SSSR count).